The highest BCUT2D eigenvalue weighted by atomic mass is 79.9. The van der Waals surface area contributed by atoms with E-state index in [1.165, 1.54) is 12.1 Å². The maximum absolute atomic E-state index is 13.0. The number of nitrogens with two attached hydrogens (primary N) is 1. The Hall–Kier alpha value is -0.870. The van der Waals surface area contributed by atoms with Crippen LogP contribution in [0.1, 0.15) is 5.69 Å². The van der Waals surface area contributed by atoms with E-state index in [0.29, 0.717) is 6.54 Å². The number of aromatic amines is 1. The monoisotopic (exact) mass is 256 g/mol. The molecule has 1 aromatic carbocycles. The maximum atomic E-state index is 13.0. The average molecular weight is 257 g/mol. The SMILES string of the molecule is NCCc1[nH]c2ccc(F)cc2c1Br. The van der Waals surface area contributed by atoms with Crippen molar-refractivity contribution in [3.63, 3.8) is 0 Å². The zero-order chi connectivity index (χ0) is 10.1. The quantitative estimate of drug-likeness (QED) is 0.853. The van der Waals surface area contributed by atoms with Gasteiger partial charge >= 0.3 is 0 Å². The molecule has 0 saturated heterocycles. The topological polar surface area (TPSA) is 41.8 Å². The van der Waals surface area contributed by atoms with Crippen LogP contribution >= 0.6 is 15.9 Å². The van der Waals surface area contributed by atoms with Crippen LogP contribution in [0.3, 0.4) is 0 Å². The van der Waals surface area contributed by atoms with Crippen LogP contribution in [0, 0.1) is 5.82 Å². The Balaban J connectivity index is 2.62. The van der Waals surface area contributed by atoms with Crippen LogP contribution in [0.4, 0.5) is 4.39 Å². The number of hydrogen-bond donors (Lipinski definition) is 2. The summed E-state index contributed by atoms with van der Waals surface area (Å²) in [5.74, 6) is -0.225. The number of benzene rings is 1. The van der Waals surface area contributed by atoms with Gasteiger partial charge in [-0.2, -0.15) is 0 Å². The van der Waals surface area contributed by atoms with Crippen LogP contribution in [0.2, 0.25) is 0 Å². The molecular formula is C10H10BrFN2. The number of H-pyrrole nitrogens is 1. The van der Waals surface area contributed by atoms with Crippen molar-refractivity contribution in [1.82, 2.24) is 4.98 Å². The minimum atomic E-state index is -0.225. The highest BCUT2D eigenvalue weighted by Gasteiger charge is 2.08. The fourth-order valence-electron chi connectivity index (χ4n) is 1.50. The molecule has 0 aliphatic rings. The van der Waals surface area contributed by atoms with Crippen LogP contribution in [0.5, 0.6) is 0 Å². The lowest BCUT2D eigenvalue weighted by molar-refractivity contribution is 0.629. The van der Waals surface area contributed by atoms with Gasteiger partial charge in [0.15, 0.2) is 0 Å². The molecule has 4 heteroatoms. The van der Waals surface area contributed by atoms with Crippen LogP contribution in [-0.4, -0.2) is 11.5 Å². The first-order valence-corrected chi connectivity index (χ1v) is 5.17. The van der Waals surface area contributed by atoms with Gasteiger partial charge < -0.3 is 10.7 Å². The van der Waals surface area contributed by atoms with Crippen molar-refractivity contribution < 1.29 is 4.39 Å². The maximum Gasteiger partial charge on any atom is 0.123 e. The molecule has 0 aliphatic carbocycles. The molecule has 2 nitrogen and oxygen atoms in total. The molecule has 0 saturated carbocycles. The molecule has 2 aromatic rings. The van der Waals surface area contributed by atoms with Gasteiger partial charge in [-0.15, -0.1) is 0 Å². The van der Waals surface area contributed by atoms with Crippen molar-refractivity contribution in [2.75, 3.05) is 6.54 Å². The predicted octanol–water partition coefficient (Wildman–Crippen LogP) is 2.57. The first kappa shape index (κ1) is 9.68. The Bertz CT molecular complexity index is 464. The third-order valence-electron chi connectivity index (χ3n) is 2.16. The van der Waals surface area contributed by atoms with Gasteiger partial charge in [0.1, 0.15) is 5.82 Å². The number of fused-ring (bicyclic) bond motifs is 1. The second-order valence-corrected chi connectivity index (χ2v) is 3.94. The van der Waals surface area contributed by atoms with E-state index in [1.807, 2.05) is 0 Å². The predicted molar refractivity (Wildman–Crippen MR) is 58.7 cm³/mol. The Morgan fingerprint density at radius 3 is 2.93 bits per heavy atom. The van der Waals surface area contributed by atoms with E-state index in [1.54, 1.807) is 6.07 Å². The number of rotatable bonds is 2. The molecule has 14 heavy (non-hydrogen) atoms. The fraction of sp³-hybridized carbons (Fsp3) is 0.200. The molecule has 0 radical (unpaired) electrons. The zero-order valence-corrected chi connectivity index (χ0v) is 9.07. The molecule has 0 aliphatic heterocycles. The van der Waals surface area contributed by atoms with Gasteiger partial charge in [-0.1, -0.05) is 0 Å². The van der Waals surface area contributed by atoms with Crippen LogP contribution < -0.4 is 5.73 Å². The molecule has 1 aromatic heterocycles. The first-order valence-electron chi connectivity index (χ1n) is 4.38. The number of aromatic nitrogens is 1. The van der Waals surface area contributed by atoms with Crippen molar-refractivity contribution in [3.8, 4) is 0 Å². The fourth-order valence-corrected chi connectivity index (χ4v) is 2.13. The van der Waals surface area contributed by atoms with E-state index in [2.05, 4.69) is 20.9 Å². The molecular weight excluding hydrogens is 247 g/mol. The van der Waals surface area contributed by atoms with E-state index in [-0.39, 0.29) is 5.82 Å². The standard InChI is InChI=1S/C10H10BrFN2/c11-10-7-5-6(12)1-2-8(7)14-9(10)3-4-13/h1-2,5,14H,3-4,13H2. The second kappa shape index (κ2) is 3.71. The van der Waals surface area contributed by atoms with Gasteiger partial charge in [-0.25, -0.2) is 4.39 Å². The summed E-state index contributed by atoms with van der Waals surface area (Å²) in [6.07, 6.45) is 0.761. The van der Waals surface area contributed by atoms with Gasteiger partial charge in [0.05, 0.1) is 0 Å². The smallest absolute Gasteiger partial charge is 0.123 e. The summed E-state index contributed by atoms with van der Waals surface area (Å²) in [6, 6.07) is 4.68. The normalized spacial score (nSPS) is 11.1. The van der Waals surface area contributed by atoms with Crippen LogP contribution in [0.25, 0.3) is 10.9 Å². The summed E-state index contributed by atoms with van der Waals surface area (Å²) in [5.41, 5.74) is 7.42. The Kier molecular flexibility index (Phi) is 2.56. The number of hydrogen-bond acceptors (Lipinski definition) is 1. The van der Waals surface area contributed by atoms with Crippen molar-refractivity contribution in [2.45, 2.75) is 6.42 Å². The van der Waals surface area contributed by atoms with Crippen molar-refractivity contribution >= 4 is 26.8 Å². The molecule has 0 bridgehead atoms. The Morgan fingerprint density at radius 2 is 2.21 bits per heavy atom. The molecule has 2 rings (SSSR count). The summed E-state index contributed by atoms with van der Waals surface area (Å²) < 4.78 is 13.9. The Morgan fingerprint density at radius 1 is 1.43 bits per heavy atom. The van der Waals surface area contributed by atoms with E-state index < -0.39 is 0 Å². The summed E-state index contributed by atoms with van der Waals surface area (Å²) in [5, 5.41) is 0.869. The molecule has 0 unspecified atom stereocenters. The minimum Gasteiger partial charge on any atom is -0.357 e. The molecule has 0 atom stereocenters. The Labute approximate surface area is 89.4 Å². The lowest BCUT2D eigenvalue weighted by atomic mass is 10.2. The lowest BCUT2D eigenvalue weighted by Crippen LogP contribution is -2.03. The molecule has 0 fully saturated rings. The third kappa shape index (κ3) is 1.55. The van der Waals surface area contributed by atoms with Crippen molar-refractivity contribution in [3.05, 3.63) is 34.2 Å². The highest BCUT2D eigenvalue weighted by Crippen LogP contribution is 2.28. The van der Waals surface area contributed by atoms with E-state index >= 15 is 0 Å². The van der Waals surface area contributed by atoms with Crippen LogP contribution in [0.15, 0.2) is 22.7 Å². The summed E-state index contributed by atoms with van der Waals surface area (Å²) in [4.78, 5) is 3.20. The molecule has 3 N–H and O–H groups in total. The number of nitrogens with one attached hydrogen (secondary N) is 1. The summed E-state index contributed by atoms with van der Waals surface area (Å²) in [7, 11) is 0. The summed E-state index contributed by atoms with van der Waals surface area (Å²) in [6.45, 7) is 0.577. The molecule has 74 valence electrons. The third-order valence-corrected chi connectivity index (χ3v) is 3.07. The molecule has 0 amide bonds. The first-order chi connectivity index (χ1) is 6.72. The highest BCUT2D eigenvalue weighted by molar-refractivity contribution is 9.10. The van der Waals surface area contributed by atoms with Gasteiger partial charge in [0.25, 0.3) is 0 Å². The molecule has 1 heterocycles. The van der Waals surface area contributed by atoms with Crippen molar-refractivity contribution in [1.29, 1.82) is 0 Å². The molecule has 0 spiro atoms. The van der Waals surface area contributed by atoms with E-state index in [4.69, 9.17) is 5.73 Å². The number of halogens is 2. The average Bonchev–Trinajstić information content (AvgIpc) is 2.46. The van der Waals surface area contributed by atoms with Gasteiger partial charge in [0.2, 0.25) is 0 Å². The minimum absolute atomic E-state index is 0.225. The van der Waals surface area contributed by atoms with E-state index in [0.717, 1.165) is 27.5 Å². The van der Waals surface area contributed by atoms with Crippen molar-refractivity contribution in [2.24, 2.45) is 5.73 Å². The van der Waals surface area contributed by atoms with Gasteiger partial charge in [-0.3, -0.25) is 0 Å². The second-order valence-electron chi connectivity index (χ2n) is 3.15. The summed E-state index contributed by atoms with van der Waals surface area (Å²) >= 11 is 3.43. The van der Waals surface area contributed by atoms with Gasteiger partial charge in [0, 0.05) is 27.5 Å². The van der Waals surface area contributed by atoms with Gasteiger partial charge in [-0.05, 0) is 40.7 Å². The van der Waals surface area contributed by atoms with E-state index in [9.17, 15) is 4.39 Å². The largest absolute Gasteiger partial charge is 0.357 e. The lowest BCUT2D eigenvalue weighted by Gasteiger charge is -1.93. The zero-order valence-electron chi connectivity index (χ0n) is 7.48. The van der Waals surface area contributed by atoms with Crippen LogP contribution in [-0.2, 0) is 6.42 Å².